The summed E-state index contributed by atoms with van der Waals surface area (Å²) in [5.41, 5.74) is 6.95. The summed E-state index contributed by atoms with van der Waals surface area (Å²) in [6.07, 6.45) is 5.51. The number of nitrogen functional groups attached to an aromatic ring is 1. The minimum absolute atomic E-state index is 0.154. The van der Waals surface area contributed by atoms with Crippen molar-refractivity contribution in [1.29, 1.82) is 0 Å². The van der Waals surface area contributed by atoms with E-state index in [9.17, 15) is 4.79 Å². The molecule has 2 aromatic heterocycles. The Labute approximate surface area is 125 Å². The Morgan fingerprint density at radius 3 is 3.00 bits per heavy atom. The van der Waals surface area contributed by atoms with Crippen LogP contribution in [0.15, 0.2) is 4.52 Å². The van der Waals surface area contributed by atoms with E-state index in [1.807, 2.05) is 0 Å². The number of nitrogens with zero attached hydrogens (tertiary/aromatic N) is 3. The van der Waals surface area contributed by atoms with Crippen LogP contribution in [0.2, 0.25) is 0 Å². The summed E-state index contributed by atoms with van der Waals surface area (Å²) in [4.78, 5) is 12.1. The first-order valence-corrected chi connectivity index (χ1v) is 7.89. The van der Waals surface area contributed by atoms with Crippen molar-refractivity contribution in [3.05, 3.63) is 22.0 Å². The molecule has 0 fully saturated rings. The van der Waals surface area contributed by atoms with Gasteiger partial charge >= 0.3 is 0 Å². The normalized spacial score (nSPS) is 13.9. The van der Waals surface area contributed by atoms with Gasteiger partial charge in [-0.2, -0.15) is 0 Å². The molecule has 8 heteroatoms. The van der Waals surface area contributed by atoms with Gasteiger partial charge in [0, 0.05) is 24.9 Å². The first-order valence-electron chi connectivity index (χ1n) is 7.07. The van der Waals surface area contributed by atoms with Crippen molar-refractivity contribution >= 4 is 22.4 Å². The predicted octanol–water partition coefficient (Wildman–Crippen LogP) is 1.35. The van der Waals surface area contributed by atoms with E-state index in [2.05, 4.69) is 20.7 Å². The molecule has 0 spiro atoms. The van der Waals surface area contributed by atoms with E-state index in [1.54, 1.807) is 0 Å². The molecule has 0 unspecified atom stereocenters. The Bertz CT molecular complexity index is 636. The minimum atomic E-state index is -0.154. The van der Waals surface area contributed by atoms with E-state index in [1.165, 1.54) is 11.3 Å². The number of aromatic nitrogens is 3. The van der Waals surface area contributed by atoms with Gasteiger partial charge in [-0.25, -0.2) is 0 Å². The molecule has 1 aliphatic carbocycles. The van der Waals surface area contributed by atoms with Gasteiger partial charge in [0.1, 0.15) is 10.8 Å². The summed E-state index contributed by atoms with van der Waals surface area (Å²) in [7, 11) is 0. The molecule has 0 aliphatic heterocycles. The average molecular weight is 307 g/mol. The zero-order valence-corrected chi connectivity index (χ0v) is 12.4. The number of amides is 1. The lowest BCUT2D eigenvalue weighted by molar-refractivity contribution is 0.0943. The van der Waals surface area contributed by atoms with Crippen LogP contribution in [0, 0.1) is 0 Å². The third-order valence-electron chi connectivity index (χ3n) is 3.50. The van der Waals surface area contributed by atoms with Crippen LogP contribution in [0.25, 0.3) is 0 Å². The van der Waals surface area contributed by atoms with Crippen molar-refractivity contribution in [1.82, 2.24) is 20.7 Å². The molecule has 0 saturated heterocycles. The smallest absolute Gasteiger partial charge is 0.273 e. The first-order chi connectivity index (χ1) is 10.2. The fourth-order valence-corrected chi connectivity index (χ4v) is 3.11. The number of rotatable bonds is 5. The summed E-state index contributed by atoms with van der Waals surface area (Å²) in [6, 6.07) is 0. The summed E-state index contributed by atoms with van der Waals surface area (Å²) in [5, 5.41) is 15.9. The number of hydrogen-bond donors (Lipinski definition) is 2. The average Bonchev–Trinajstić information content (AvgIpc) is 3.09. The maximum absolute atomic E-state index is 12.1. The van der Waals surface area contributed by atoms with Gasteiger partial charge in [0.25, 0.3) is 5.91 Å². The second kappa shape index (κ2) is 6.21. The number of carbonyl (C=O) groups excluding carboxylic acids is 1. The van der Waals surface area contributed by atoms with Gasteiger partial charge in [-0.1, -0.05) is 16.5 Å². The number of aryl methyl sites for hydroxylation is 2. The van der Waals surface area contributed by atoms with Crippen LogP contribution in [0.1, 0.15) is 46.1 Å². The highest BCUT2D eigenvalue weighted by atomic mass is 32.1. The van der Waals surface area contributed by atoms with Crippen LogP contribution in [-0.2, 0) is 19.3 Å². The number of nitrogens with two attached hydrogens (primary N) is 1. The zero-order chi connectivity index (χ0) is 14.7. The van der Waals surface area contributed by atoms with Crippen LogP contribution in [0.5, 0.6) is 0 Å². The quantitative estimate of drug-likeness (QED) is 0.807. The van der Waals surface area contributed by atoms with Gasteiger partial charge in [0.15, 0.2) is 5.69 Å². The van der Waals surface area contributed by atoms with Crippen molar-refractivity contribution in [2.75, 3.05) is 12.3 Å². The van der Waals surface area contributed by atoms with Crippen molar-refractivity contribution in [3.8, 4) is 0 Å². The Kier molecular flexibility index (Phi) is 4.14. The van der Waals surface area contributed by atoms with Crippen molar-refractivity contribution in [2.45, 2.75) is 38.5 Å². The molecule has 1 amide bonds. The van der Waals surface area contributed by atoms with Gasteiger partial charge in [0.05, 0.1) is 0 Å². The molecule has 0 saturated carbocycles. The molecule has 112 valence electrons. The number of nitrogens with one attached hydrogen (secondary N) is 1. The second-order valence-corrected chi connectivity index (χ2v) is 6.13. The Morgan fingerprint density at radius 1 is 1.33 bits per heavy atom. The van der Waals surface area contributed by atoms with Gasteiger partial charge in [-0.3, -0.25) is 4.79 Å². The van der Waals surface area contributed by atoms with Crippen LogP contribution in [0.3, 0.4) is 0 Å². The zero-order valence-electron chi connectivity index (χ0n) is 11.6. The van der Waals surface area contributed by atoms with Crippen LogP contribution in [-0.4, -0.2) is 27.8 Å². The molecule has 0 aromatic carbocycles. The lowest BCUT2D eigenvalue weighted by Gasteiger charge is -2.09. The van der Waals surface area contributed by atoms with Gasteiger partial charge in [-0.15, -0.1) is 10.2 Å². The van der Waals surface area contributed by atoms with Gasteiger partial charge < -0.3 is 15.6 Å². The third kappa shape index (κ3) is 3.21. The lowest BCUT2D eigenvalue weighted by Crippen LogP contribution is -2.26. The lowest BCUT2D eigenvalue weighted by atomic mass is 9.96. The SMILES string of the molecule is Nc1nnc(CCCNC(=O)c2noc3c2CCCC3)s1. The summed E-state index contributed by atoms with van der Waals surface area (Å²) >= 11 is 1.38. The second-order valence-electron chi connectivity index (χ2n) is 5.03. The number of fused-ring (bicyclic) bond motifs is 1. The van der Waals surface area contributed by atoms with E-state index >= 15 is 0 Å². The predicted molar refractivity (Wildman–Crippen MR) is 78.1 cm³/mol. The van der Waals surface area contributed by atoms with Gasteiger partial charge in [0.2, 0.25) is 5.13 Å². The summed E-state index contributed by atoms with van der Waals surface area (Å²) in [6.45, 7) is 0.569. The molecule has 1 aliphatic rings. The molecule has 21 heavy (non-hydrogen) atoms. The fourth-order valence-electron chi connectivity index (χ4n) is 2.46. The van der Waals surface area contributed by atoms with E-state index in [0.29, 0.717) is 17.4 Å². The van der Waals surface area contributed by atoms with Crippen LogP contribution >= 0.6 is 11.3 Å². The monoisotopic (exact) mass is 307 g/mol. The van der Waals surface area contributed by atoms with Gasteiger partial charge in [-0.05, 0) is 25.7 Å². The molecule has 0 atom stereocenters. The third-order valence-corrected chi connectivity index (χ3v) is 4.31. The van der Waals surface area contributed by atoms with E-state index < -0.39 is 0 Å². The van der Waals surface area contributed by atoms with Crippen molar-refractivity contribution in [3.63, 3.8) is 0 Å². The number of carbonyl (C=O) groups is 1. The van der Waals surface area contributed by atoms with E-state index in [0.717, 1.165) is 54.9 Å². The Balaban J connectivity index is 1.49. The molecule has 2 aromatic rings. The minimum Gasteiger partial charge on any atom is -0.374 e. The molecule has 7 nitrogen and oxygen atoms in total. The van der Waals surface area contributed by atoms with E-state index in [4.69, 9.17) is 10.3 Å². The molecular formula is C13H17N5O2S. The largest absolute Gasteiger partial charge is 0.374 e. The summed E-state index contributed by atoms with van der Waals surface area (Å²) in [5.74, 6) is 0.717. The molecule has 2 heterocycles. The molecular weight excluding hydrogens is 290 g/mol. The van der Waals surface area contributed by atoms with E-state index in [-0.39, 0.29) is 5.91 Å². The standard InChI is InChI=1S/C13H17N5O2S/c14-13-17-16-10(21-13)6-3-7-15-12(19)11-8-4-1-2-5-9(8)20-18-11/h1-7H2,(H2,14,17)(H,15,19). The maximum Gasteiger partial charge on any atom is 0.273 e. The van der Waals surface area contributed by atoms with Crippen LogP contribution in [0.4, 0.5) is 5.13 Å². The fraction of sp³-hybridized carbons (Fsp3) is 0.538. The van der Waals surface area contributed by atoms with Crippen LogP contribution < -0.4 is 11.1 Å². The topological polar surface area (TPSA) is 107 Å². The maximum atomic E-state index is 12.1. The Morgan fingerprint density at radius 2 is 2.19 bits per heavy atom. The molecule has 3 N–H and O–H groups in total. The number of anilines is 1. The molecule has 0 radical (unpaired) electrons. The highest BCUT2D eigenvalue weighted by molar-refractivity contribution is 7.15. The van der Waals surface area contributed by atoms with Crippen molar-refractivity contribution < 1.29 is 9.32 Å². The summed E-state index contributed by atoms with van der Waals surface area (Å²) < 4.78 is 5.25. The Hall–Kier alpha value is -1.96. The highest BCUT2D eigenvalue weighted by Crippen LogP contribution is 2.24. The molecule has 0 bridgehead atoms. The van der Waals surface area contributed by atoms with Crippen molar-refractivity contribution in [2.24, 2.45) is 0 Å². The first kappa shape index (κ1) is 14.0. The highest BCUT2D eigenvalue weighted by Gasteiger charge is 2.23. The molecule has 3 rings (SSSR count). The number of hydrogen-bond acceptors (Lipinski definition) is 7.